The Kier molecular flexibility index (Phi) is 15.4. The molecule has 3 rings (SSSR count). The highest BCUT2D eigenvalue weighted by atomic mass is 16.5. The standard InChI is InChI=1S/C34H47NO7/c36-23-29-20-28(13-15-31(29)38)33(40)25-42-34-16-14-27(21-30(34)24-37)32(39)22-35-17-7-1-2-8-18-41-19-9-6-12-26-10-4-3-5-11-26/h3-5,10-11,13-16,20-21,32-33,35-40H,1-2,6-9,12,17-19,22-25H2. The molecule has 0 aliphatic carbocycles. The summed E-state index contributed by atoms with van der Waals surface area (Å²) in [5.74, 6) is 0.375. The smallest absolute Gasteiger partial charge is 0.124 e. The van der Waals surface area contributed by atoms with E-state index in [4.69, 9.17) is 9.47 Å². The Bertz CT molecular complexity index is 1160. The number of benzene rings is 3. The molecule has 0 spiro atoms. The van der Waals surface area contributed by atoms with Gasteiger partial charge in [0.1, 0.15) is 24.2 Å². The molecule has 8 heteroatoms. The zero-order valence-corrected chi connectivity index (χ0v) is 24.5. The summed E-state index contributed by atoms with van der Waals surface area (Å²) >= 11 is 0. The van der Waals surface area contributed by atoms with Crippen LogP contribution in [0.3, 0.4) is 0 Å². The van der Waals surface area contributed by atoms with Gasteiger partial charge >= 0.3 is 0 Å². The largest absolute Gasteiger partial charge is 0.508 e. The van der Waals surface area contributed by atoms with Crippen molar-refractivity contribution >= 4 is 0 Å². The van der Waals surface area contributed by atoms with E-state index >= 15 is 0 Å². The van der Waals surface area contributed by atoms with E-state index < -0.39 is 12.2 Å². The van der Waals surface area contributed by atoms with Crippen molar-refractivity contribution in [3.8, 4) is 11.5 Å². The quantitative estimate of drug-likeness (QED) is 0.0998. The molecule has 2 atom stereocenters. The summed E-state index contributed by atoms with van der Waals surface area (Å²) in [7, 11) is 0. The Morgan fingerprint density at radius 3 is 2.12 bits per heavy atom. The van der Waals surface area contributed by atoms with Crippen molar-refractivity contribution < 1.29 is 35.0 Å². The lowest BCUT2D eigenvalue weighted by molar-refractivity contribution is 0.106. The van der Waals surface area contributed by atoms with Gasteiger partial charge in [0.25, 0.3) is 0 Å². The van der Waals surface area contributed by atoms with Gasteiger partial charge in [0.05, 0.1) is 19.3 Å². The maximum absolute atomic E-state index is 10.6. The number of unbranched alkanes of at least 4 members (excludes halogenated alkanes) is 4. The summed E-state index contributed by atoms with van der Waals surface area (Å²) in [5, 5.41) is 53.2. The van der Waals surface area contributed by atoms with Crippen LogP contribution in [0.1, 0.15) is 78.6 Å². The van der Waals surface area contributed by atoms with Gasteiger partial charge in [-0.2, -0.15) is 0 Å². The number of aryl methyl sites for hydroxylation is 1. The lowest BCUT2D eigenvalue weighted by Crippen LogP contribution is -2.22. The molecule has 0 aliphatic heterocycles. The number of hydrogen-bond acceptors (Lipinski definition) is 8. The average molecular weight is 582 g/mol. The number of aliphatic hydroxyl groups is 4. The average Bonchev–Trinajstić information content (AvgIpc) is 3.02. The van der Waals surface area contributed by atoms with Gasteiger partial charge in [-0.1, -0.05) is 55.3 Å². The van der Waals surface area contributed by atoms with Crippen LogP contribution in [0.2, 0.25) is 0 Å². The first kappa shape index (κ1) is 33.5. The maximum atomic E-state index is 10.6. The van der Waals surface area contributed by atoms with Crippen LogP contribution in [0, 0.1) is 0 Å². The predicted molar refractivity (Wildman–Crippen MR) is 163 cm³/mol. The second kappa shape index (κ2) is 19.3. The molecule has 42 heavy (non-hydrogen) atoms. The van der Waals surface area contributed by atoms with E-state index in [9.17, 15) is 25.5 Å². The van der Waals surface area contributed by atoms with Gasteiger partial charge < -0.3 is 40.3 Å². The summed E-state index contributed by atoms with van der Waals surface area (Å²) in [4.78, 5) is 0. The molecule has 6 N–H and O–H groups in total. The monoisotopic (exact) mass is 581 g/mol. The molecule has 0 bridgehead atoms. The molecular weight excluding hydrogens is 534 g/mol. The van der Waals surface area contributed by atoms with Crippen LogP contribution in [0.5, 0.6) is 11.5 Å². The minimum Gasteiger partial charge on any atom is -0.508 e. The van der Waals surface area contributed by atoms with E-state index in [1.54, 1.807) is 24.3 Å². The van der Waals surface area contributed by atoms with Gasteiger partial charge in [0.15, 0.2) is 0 Å². The summed E-state index contributed by atoms with van der Waals surface area (Å²) < 4.78 is 11.5. The normalized spacial score (nSPS) is 12.8. The molecule has 0 saturated carbocycles. The Balaban J connectivity index is 1.25. The highest BCUT2D eigenvalue weighted by Gasteiger charge is 2.15. The fourth-order valence-electron chi connectivity index (χ4n) is 4.72. The number of aromatic hydroxyl groups is 1. The molecule has 8 nitrogen and oxygen atoms in total. The Morgan fingerprint density at radius 1 is 0.690 bits per heavy atom. The molecule has 230 valence electrons. The Morgan fingerprint density at radius 2 is 1.36 bits per heavy atom. The van der Waals surface area contributed by atoms with E-state index in [0.29, 0.717) is 34.5 Å². The van der Waals surface area contributed by atoms with E-state index in [2.05, 4.69) is 29.6 Å². The maximum Gasteiger partial charge on any atom is 0.124 e. The zero-order valence-electron chi connectivity index (χ0n) is 24.5. The van der Waals surface area contributed by atoms with Crippen LogP contribution in [-0.2, 0) is 24.4 Å². The lowest BCUT2D eigenvalue weighted by atomic mass is 10.0. The SMILES string of the molecule is OCc1cc(C(O)COc2ccc(C(O)CNCCCCCCOCCCCc3ccccc3)cc2CO)ccc1O. The van der Waals surface area contributed by atoms with Crippen LogP contribution in [0.25, 0.3) is 0 Å². The van der Waals surface area contributed by atoms with E-state index in [-0.39, 0.29) is 25.6 Å². The van der Waals surface area contributed by atoms with Gasteiger partial charge in [-0.05, 0) is 79.6 Å². The van der Waals surface area contributed by atoms with Crippen molar-refractivity contribution in [2.45, 2.75) is 70.4 Å². The number of nitrogens with one attached hydrogen (secondary N) is 1. The van der Waals surface area contributed by atoms with Crippen LogP contribution >= 0.6 is 0 Å². The highest BCUT2D eigenvalue weighted by molar-refractivity contribution is 5.39. The van der Waals surface area contributed by atoms with Gasteiger partial charge in [-0.25, -0.2) is 0 Å². The number of aliphatic hydroxyl groups excluding tert-OH is 4. The Labute approximate surface area is 249 Å². The zero-order chi connectivity index (χ0) is 30.0. The molecule has 0 heterocycles. The van der Waals surface area contributed by atoms with Crippen molar-refractivity contribution in [3.63, 3.8) is 0 Å². The van der Waals surface area contributed by atoms with Gasteiger partial charge in [0.2, 0.25) is 0 Å². The first-order chi connectivity index (χ1) is 20.5. The second-order valence-electron chi connectivity index (χ2n) is 10.6. The number of rotatable bonds is 21. The van der Waals surface area contributed by atoms with Crippen molar-refractivity contribution in [2.24, 2.45) is 0 Å². The van der Waals surface area contributed by atoms with Crippen LogP contribution in [0.15, 0.2) is 66.7 Å². The van der Waals surface area contributed by atoms with Crippen molar-refractivity contribution in [2.75, 3.05) is 32.9 Å². The van der Waals surface area contributed by atoms with Gasteiger partial charge in [-0.15, -0.1) is 0 Å². The second-order valence-corrected chi connectivity index (χ2v) is 10.6. The molecule has 0 amide bonds. The van der Waals surface area contributed by atoms with Gasteiger partial charge in [-0.3, -0.25) is 0 Å². The first-order valence-electron chi connectivity index (χ1n) is 15.0. The molecular formula is C34H47NO7. The number of ether oxygens (including phenoxy) is 2. The molecule has 0 fully saturated rings. The minimum absolute atomic E-state index is 0.0395. The summed E-state index contributed by atoms with van der Waals surface area (Å²) in [6, 6.07) is 20.2. The highest BCUT2D eigenvalue weighted by Crippen LogP contribution is 2.27. The lowest BCUT2D eigenvalue weighted by Gasteiger charge is -2.18. The molecule has 0 aliphatic rings. The molecule has 0 radical (unpaired) electrons. The third kappa shape index (κ3) is 11.7. The number of phenols is 1. The predicted octanol–water partition coefficient (Wildman–Crippen LogP) is 4.71. The Hall–Kier alpha value is -2.98. The third-order valence-corrected chi connectivity index (χ3v) is 7.27. The van der Waals surface area contributed by atoms with E-state index in [0.717, 1.165) is 64.7 Å². The summed E-state index contributed by atoms with van der Waals surface area (Å²) in [6.07, 6.45) is 5.97. The third-order valence-electron chi connectivity index (χ3n) is 7.27. The first-order valence-corrected chi connectivity index (χ1v) is 15.0. The molecule has 2 unspecified atom stereocenters. The van der Waals surface area contributed by atoms with Crippen LogP contribution in [-0.4, -0.2) is 58.4 Å². The summed E-state index contributed by atoms with van der Waals surface area (Å²) in [5.41, 5.74) is 3.39. The number of hydrogen-bond donors (Lipinski definition) is 6. The van der Waals surface area contributed by atoms with Crippen molar-refractivity contribution in [1.82, 2.24) is 5.32 Å². The summed E-state index contributed by atoms with van der Waals surface area (Å²) in [6.45, 7) is 2.17. The van der Waals surface area contributed by atoms with Crippen molar-refractivity contribution in [3.05, 3.63) is 94.5 Å². The fourth-order valence-corrected chi connectivity index (χ4v) is 4.72. The fraction of sp³-hybridized carbons (Fsp3) is 0.471. The molecule has 3 aromatic rings. The topological polar surface area (TPSA) is 132 Å². The van der Waals surface area contributed by atoms with Gasteiger partial charge in [0, 0.05) is 30.9 Å². The molecule has 0 saturated heterocycles. The minimum atomic E-state index is -0.986. The molecule has 3 aromatic carbocycles. The van der Waals surface area contributed by atoms with Crippen LogP contribution < -0.4 is 10.1 Å². The van der Waals surface area contributed by atoms with E-state index in [1.165, 1.54) is 17.7 Å². The van der Waals surface area contributed by atoms with Crippen molar-refractivity contribution in [1.29, 1.82) is 0 Å². The van der Waals surface area contributed by atoms with Crippen LogP contribution in [0.4, 0.5) is 0 Å². The van der Waals surface area contributed by atoms with E-state index in [1.807, 2.05) is 6.07 Å². The molecule has 0 aromatic heterocycles.